The smallest absolute Gasteiger partial charge is 0.278 e. The van der Waals surface area contributed by atoms with Crippen molar-refractivity contribution in [2.75, 3.05) is 11.9 Å². The van der Waals surface area contributed by atoms with E-state index in [0.29, 0.717) is 28.8 Å². The third kappa shape index (κ3) is 3.41. The highest BCUT2D eigenvalue weighted by atomic mass is 35.5. The van der Waals surface area contributed by atoms with Crippen molar-refractivity contribution in [3.8, 4) is 11.4 Å². The zero-order chi connectivity index (χ0) is 18.7. The van der Waals surface area contributed by atoms with Crippen molar-refractivity contribution in [3.63, 3.8) is 0 Å². The summed E-state index contributed by atoms with van der Waals surface area (Å²) in [6.07, 6.45) is 0. The topological polar surface area (TPSA) is 69.0 Å². The van der Waals surface area contributed by atoms with Crippen LogP contribution in [0.4, 0.5) is 5.69 Å². The fourth-order valence-corrected chi connectivity index (χ4v) is 2.78. The third-order valence-electron chi connectivity index (χ3n) is 4.02. The van der Waals surface area contributed by atoms with Crippen molar-refractivity contribution < 1.29 is 9.53 Å². The van der Waals surface area contributed by atoms with E-state index >= 15 is 0 Å². The van der Waals surface area contributed by atoms with Crippen molar-refractivity contribution >= 4 is 23.2 Å². The van der Waals surface area contributed by atoms with Crippen molar-refractivity contribution in [1.82, 2.24) is 15.0 Å². The molecule has 0 saturated heterocycles. The van der Waals surface area contributed by atoms with E-state index in [1.54, 1.807) is 29.8 Å². The average molecular weight is 371 g/mol. The fraction of sp³-hybridized carbons (Fsp3) is 0.211. The number of nitrogens with zero attached hydrogens (tertiary/aromatic N) is 3. The van der Waals surface area contributed by atoms with Crippen LogP contribution < -0.4 is 10.1 Å². The molecule has 0 aliphatic carbocycles. The molecule has 1 N–H and O–H groups in total. The number of carbonyl (C=O) groups excluding carboxylic acids is 1. The van der Waals surface area contributed by atoms with Gasteiger partial charge < -0.3 is 10.1 Å². The van der Waals surface area contributed by atoms with Crippen LogP contribution in [0.2, 0.25) is 5.02 Å². The monoisotopic (exact) mass is 370 g/mol. The molecule has 0 atom stereocenters. The van der Waals surface area contributed by atoms with Gasteiger partial charge in [-0.2, -0.15) is 0 Å². The zero-order valence-corrected chi connectivity index (χ0v) is 15.5. The maximum Gasteiger partial charge on any atom is 0.278 e. The van der Waals surface area contributed by atoms with Crippen molar-refractivity contribution in [2.24, 2.45) is 0 Å². The van der Waals surface area contributed by atoms with Gasteiger partial charge in [-0.15, -0.1) is 5.10 Å². The van der Waals surface area contributed by atoms with Gasteiger partial charge in [0, 0.05) is 10.7 Å². The van der Waals surface area contributed by atoms with Gasteiger partial charge in [0.15, 0.2) is 5.69 Å². The van der Waals surface area contributed by atoms with Crippen molar-refractivity contribution in [2.45, 2.75) is 20.8 Å². The maximum absolute atomic E-state index is 12.7. The highest BCUT2D eigenvalue weighted by Crippen LogP contribution is 2.25. The second kappa shape index (κ2) is 7.58. The lowest BCUT2D eigenvalue weighted by Gasteiger charge is -2.11. The Bertz CT molecular complexity index is 952. The van der Waals surface area contributed by atoms with Gasteiger partial charge in [0.2, 0.25) is 0 Å². The summed E-state index contributed by atoms with van der Waals surface area (Å²) in [6, 6.07) is 12.9. The Labute approximate surface area is 156 Å². The van der Waals surface area contributed by atoms with Crippen LogP contribution in [0.3, 0.4) is 0 Å². The van der Waals surface area contributed by atoms with Gasteiger partial charge in [0.1, 0.15) is 11.4 Å². The molecule has 0 fully saturated rings. The number of hydrogen-bond acceptors (Lipinski definition) is 4. The van der Waals surface area contributed by atoms with Crippen LogP contribution in [0.25, 0.3) is 5.69 Å². The van der Waals surface area contributed by atoms with E-state index in [0.717, 1.165) is 11.3 Å². The van der Waals surface area contributed by atoms with Crippen molar-refractivity contribution in [1.29, 1.82) is 0 Å². The zero-order valence-electron chi connectivity index (χ0n) is 14.8. The van der Waals surface area contributed by atoms with Gasteiger partial charge in [0.05, 0.1) is 12.3 Å². The van der Waals surface area contributed by atoms with E-state index in [2.05, 4.69) is 15.6 Å². The largest absolute Gasteiger partial charge is 0.492 e. The molecule has 0 saturated carbocycles. The molecule has 0 aliphatic heterocycles. The highest BCUT2D eigenvalue weighted by molar-refractivity contribution is 6.31. The number of benzene rings is 2. The standard InChI is InChI=1S/C19H19ClN4O2/c1-4-26-17-11-6-5-10-16(17)24-13(3)18(22-23-24)19(25)21-15-9-7-8-14(20)12(15)2/h5-11H,4H2,1-3H3,(H,21,25). The van der Waals surface area contributed by atoms with Gasteiger partial charge >= 0.3 is 0 Å². The number of para-hydroxylation sites is 2. The van der Waals surface area contributed by atoms with Crippen LogP contribution in [0.5, 0.6) is 5.75 Å². The van der Waals surface area contributed by atoms with Crippen LogP contribution in [0, 0.1) is 13.8 Å². The normalized spacial score (nSPS) is 10.6. The molecule has 0 radical (unpaired) electrons. The molecule has 6 nitrogen and oxygen atoms in total. The van der Waals surface area contributed by atoms with Gasteiger partial charge in [-0.3, -0.25) is 4.79 Å². The van der Waals surface area contributed by atoms with Gasteiger partial charge in [-0.1, -0.05) is 35.0 Å². The lowest BCUT2D eigenvalue weighted by atomic mass is 10.2. The molecule has 3 aromatic rings. The number of nitrogens with one attached hydrogen (secondary N) is 1. The number of aromatic nitrogens is 3. The first-order valence-corrected chi connectivity index (χ1v) is 8.61. The van der Waals surface area contributed by atoms with Crippen LogP contribution in [-0.4, -0.2) is 27.5 Å². The average Bonchev–Trinajstić information content (AvgIpc) is 3.01. The minimum atomic E-state index is -0.340. The van der Waals surface area contributed by atoms with Crippen LogP contribution in [-0.2, 0) is 0 Å². The van der Waals surface area contributed by atoms with Gasteiger partial charge in [-0.05, 0) is 50.6 Å². The number of amides is 1. The molecular formula is C19H19ClN4O2. The van der Waals surface area contributed by atoms with E-state index in [9.17, 15) is 4.79 Å². The minimum absolute atomic E-state index is 0.246. The Balaban J connectivity index is 1.92. The number of halogens is 1. The number of carbonyl (C=O) groups is 1. The van der Waals surface area contributed by atoms with E-state index in [-0.39, 0.29) is 11.6 Å². The van der Waals surface area contributed by atoms with E-state index < -0.39 is 0 Å². The summed E-state index contributed by atoms with van der Waals surface area (Å²) in [4.78, 5) is 12.7. The molecule has 0 spiro atoms. The second-order valence-corrected chi connectivity index (χ2v) is 6.11. The number of hydrogen-bond donors (Lipinski definition) is 1. The summed E-state index contributed by atoms with van der Waals surface area (Å²) >= 11 is 6.11. The first kappa shape index (κ1) is 17.9. The van der Waals surface area contributed by atoms with E-state index in [4.69, 9.17) is 16.3 Å². The Morgan fingerprint density at radius 1 is 1.19 bits per heavy atom. The summed E-state index contributed by atoms with van der Waals surface area (Å²) < 4.78 is 7.24. The molecule has 0 aliphatic rings. The Morgan fingerprint density at radius 2 is 1.96 bits per heavy atom. The first-order valence-electron chi connectivity index (χ1n) is 8.24. The summed E-state index contributed by atoms with van der Waals surface area (Å²) in [5, 5.41) is 11.6. The molecule has 1 aromatic heterocycles. The van der Waals surface area contributed by atoms with Crippen molar-refractivity contribution in [3.05, 3.63) is 64.4 Å². The van der Waals surface area contributed by atoms with E-state index in [1.807, 2.05) is 38.1 Å². The quantitative estimate of drug-likeness (QED) is 0.731. The summed E-state index contributed by atoms with van der Waals surface area (Å²) in [5.74, 6) is 0.341. The first-order chi connectivity index (χ1) is 12.5. The summed E-state index contributed by atoms with van der Waals surface area (Å²) in [6.45, 7) is 6.09. The third-order valence-corrected chi connectivity index (χ3v) is 4.43. The maximum atomic E-state index is 12.7. The molecule has 1 heterocycles. The minimum Gasteiger partial charge on any atom is -0.492 e. The molecule has 1 amide bonds. The Morgan fingerprint density at radius 3 is 2.73 bits per heavy atom. The molecule has 2 aromatic carbocycles. The molecule has 3 rings (SSSR count). The molecule has 134 valence electrons. The number of ether oxygens (including phenoxy) is 1. The number of anilines is 1. The molecule has 7 heteroatoms. The van der Waals surface area contributed by atoms with Crippen LogP contribution in [0.1, 0.15) is 28.7 Å². The summed E-state index contributed by atoms with van der Waals surface area (Å²) in [5.41, 5.74) is 3.04. The van der Waals surface area contributed by atoms with Crippen LogP contribution in [0.15, 0.2) is 42.5 Å². The van der Waals surface area contributed by atoms with Gasteiger partial charge in [-0.25, -0.2) is 4.68 Å². The Hall–Kier alpha value is -2.86. The molecule has 0 bridgehead atoms. The summed E-state index contributed by atoms with van der Waals surface area (Å²) in [7, 11) is 0. The SMILES string of the molecule is CCOc1ccccc1-n1nnc(C(=O)Nc2cccc(Cl)c2C)c1C. The van der Waals surface area contributed by atoms with E-state index in [1.165, 1.54) is 0 Å². The Kier molecular flexibility index (Phi) is 5.23. The van der Waals surface area contributed by atoms with Crippen LogP contribution >= 0.6 is 11.6 Å². The highest BCUT2D eigenvalue weighted by Gasteiger charge is 2.20. The second-order valence-electron chi connectivity index (χ2n) is 5.70. The molecule has 0 unspecified atom stereocenters. The fourth-order valence-electron chi connectivity index (χ4n) is 2.60. The lowest BCUT2D eigenvalue weighted by molar-refractivity contribution is 0.102. The molecule has 26 heavy (non-hydrogen) atoms. The lowest BCUT2D eigenvalue weighted by Crippen LogP contribution is -2.15. The van der Waals surface area contributed by atoms with Gasteiger partial charge in [0.25, 0.3) is 5.91 Å². The predicted octanol–water partition coefficient (Wildman–Crippen LogP) is 4.19. The number of rotatable bonds is 5. The predicted molar refractivity (Wildman–Crippen MR) is 101 cm³/mol. The molecular weight excluding hydrogens is 352 g/mol.